The number of fused-ring (bicyclic) bond motifs is 1. The quantitative estimate of drug-likeness (QED) is 0.233. The SMILES string of the molecule is COC(C)(C)CCOC(=O)Nc1cc(-c2cc3c(cc2Cl)N(c2ccccc2)C[C@@H](C2CCCCC2)N(C)S3(=O)=O)sc1C(=O)O. The normalized spacial score (nSPS) is 18.9. The number of hydrogen-bond acceptors (Lipinski definition) is 8. The van der Waals surface area contributed by atoms with Gasteiger partial charge < -0.3 is 19.5 Å². The smallest absolute Gasteiger partial charge is 0.411 e. The van der Waals surface area contributed by atoms with E-state index in [9.17, 15) is 23.1 Å². The van der Waals surface area contributed by atoms with E-state index >= 15 is 0 Å². The first kappa shape index (κ1) is 34.2. The van der Waals surface area contributed by atoms with Crippen molar-refractivity contribution in [1.29, 1.82) is 0 Å². The van der Waals surface area contributed by atoms with E-state index in [-0.39, 0.29) is 39.0 Å². The Morgan fingerprint density at radius 3 is 2.46 bits per heavy atom. The molecule has 5 rings (SSSR count). The summed E-state index contributed by atoms with van der Waals surface area (Å²) in [4.78, 5) is 27.1. The Morgan fingerprint density at radius 1 is 1.11 bits per heavy atom. The number of thiophene rings is 1. The molecule has 1 fully saturated rings. The van der Waals surface area contributed by atoms with Crippen LogP contribution in [0, 0.1) is 5.92 Å². The van der Waals surface area contributed by atoms with Crippen LogP contribution in [0.25, 0.3) is 10.4 Å². The fraction of sp³-hybridized carbons (Fsp3) is 0.455. The molecule has 13 heteroatoms. The van der Waals surface area contributed by atoms with Crippen LogP contribution >= 0.6 is 22.9 Å². The van der Waals surface area contributed by atoms with Crippen LogP contribution in [0.15, 0.2) is 53.4 Å². The molecule has 2 N–H and O–H groups in total. The van der Waals surface area contributed by atoms with Crippen LogP contribution in [0.4, 0.5) is 21.9 Å². The second-order valence-corrected chi connectivity index (χ2v) is 15.8. The number of sulfonamides is 1. The highest BCUT2D eigenvalue weighted by molar-refractivity contribution is 7.89. The van der Waals surface area contributed by atoms with E-state index in [1.807, 2.05) is 49.1 Å². The first-order valence-corrected chi connectivity index (χ1v) is 18.0. The monoisotopic (exact) mass is 689 g/mol. The second-order valence-electron chi connectivity index (χ2n) is 12.4. The molecule has 1 atom stereocenters. The van der Waals surface area contributed by atoms with Crippen molar-refractivity contribution in [3.63, 3.8) is 0 Å². The number of anilines is 3. The summed E-state index contributed by atoms with van der Waals surface area (Å²) in [5, 5.41) is 12.7. The van der Waals surface area contributed by atoms with Gasteiger partial charge in [0.15, 0.2) is 0 Å². The predicted molar refractivity (Wildman–Crippen MR) is 181 cm³/mol. The molecule has 0 bridgehead atoms. The van der Waals surface area contributed by atoms with E-state index in [1.165, 1.54) is 16.4 Å². The van der Waals surface area contributed by atoms with Gasteiger partial charge in [-0.05, 0) is 62.9 Å². The van der Waals surface area contributed by atoms with Crippen LogP contribution in [0.3, 0.4) is 0 Å². The third-order valence-electron chi connectivity index (χ3n) is 9.01. The van der Waals surface area contributed by atoms with Gasteiger partial charge in [-0.1, -0.05) is 49.1 Å². The number of nitrogens with one attached hydrogen (secondary N) is 1. The molecule has 0 radical (unpaired) electrons. The number of ether oxygens (including phenoxy) is 2. The summed E-state index contributed by atoms with van der Waals surface area (Å²) >= 11 is 7.78. The van der Waals surface area contributed by atoms with Gasteiger partial charge in [0.05, 0.1) is 28.6 Å². The number of aromatic carboxylic acids is 1. The number of carbonyl (C=O) groups excluding carboxylic acids is 1. The molecule has 0 unspecified atom stereocenters. The fourth-order valence-electron chi connectivity index (χ4n) is 6.11. The summed E-state index contributed by atoms with van der Waals surface area (Å²) in [7, 11) is -0.770. The standard InChI is InChI=1S/C33H40ClN3O7S2/c1-33(2,43-4)15-16-44-32(40)35-25-19-28(45-30(25)31(38)39)23-17-29-26(18-24(23)34)37(22-13-9-6-10-14-22)20-27(36(3)46(29,41)42)21-11-7-5-8-12-21/h6,9-10,13-14,17-19,21,27H,5,7-8,11-12,15-16,20H2,1-4H3,(H,35,40)(H,38,39)/t27-/m0/s1. The highest BCUT2D eigenvalue weighted by atomic mass is 35.5. The van der Waals surface area contributed by atoms with Crippen molar-refractivity contribution in [3.8, 4) is 10.4 Å². The number of likely N-dealkylation sites (N-methyl/N-ethyl adjacent to an activating group) is 1. The Balaban J connectivity index is 1.54. The largest absolute Gasteiger partial charge is 0.477 e. The van der Waals surface area contributed by atoms with Gasteiger partial charge in [0.1, 0.15) is 9.77 Å². The van der Waals surface area contributed by atoms with Crippen LogP contribution in [0.5, 0.6) is 0 Å². The number of rotatable bonds is 9. The Morgan fingerprint density at radius 2 is 1.80 bits per heavy atom. The molecule has 2 heterocycles. The molecule has 1 aliphatic carbocycles. The maximum atomic E-state index is 14.4. The molecule has 1 aromatic heterocycles. The first-order chi connectivity index (χ1) is 21.8. The second kappa shape index (κ2) is 13.9. The zero-order valence-electron chi connectivity index (χ0n) is 26.4. The van der Waals surface area contributed by atoms with Gasteiger partial charge in [0.25, 0.3) is 0 Å². The van der Waals surface area contributed by atoms with Crippen molar-refractivity contribution in [2.45, 2.75) is 68.9 Å². The maximum absolute atomic E-state index is 14.4. The molecule has 1 saturated carbocycles. The number of carboxylic acid groups (broad SMARTS) is 1. The molecular formula is C33H40ClN3O7S2. The van der Waals surface area contributed by atoms with E-state index in [0.29, 0.717) is 29.1 Å². The van der Waals surface area contributed by atoms with Crippen molar-refractivity contribution < 1.29 is 32.6 Å². The number of nitrogens with zero attached hydrogens (tertiary/aromatic N) is 2. The summed E-state index contributed by atoms with van der Waals surface area (Å²) < 4.78 is 40.8. The first-order valence-electron chi connectivity index (χ1n) is 15.3. The van der Waals surface area contributed by atoms with Crippen LogP contribution in [-0.2, 0) is 19.5 Å². The molecule has 1 aliphatic heterocycles. The Kier molecular flexibility index (Phi) is 10.3. The summed E-state index contributed by atoms with van der Waals surface area (Å²) in [6, 6.07) is 14.0. The lowest BCUT2D eigenvalue weighted by Crippen LogP contribution is -2.46. The highest BCUT2D eigenvalue weighted by Crippen LogP contribution is 2.46. The van der Waals surface area contributed by atoms with E-state index in [4.69, 9.17) is 21.1 Å². The lowest BCUT2D eigenvalue weighted by atomic mass is 9.83. The number of halogens is 1. The van der Waals surface area contributed by atoms with Gasteiger partial charge in [-0.25, -0.2) is 18.0 Å². The lowest BCUT2D eigenvalue weighted by molar-refractivity contribution is 0.00124. The van der Waals surface area contributed by atoms with E-state index in [2.05, 4.69) is 5.32 Å². The van der Waals surface area contributed by atoms with Crippen molar-refractivity contribution in [3.05, 3.63) is 58.4 Å². The number of para-hydroxylation sites is 1. The molecule has 0 saturated heterocycles. The summed E-state index contributed by atoms with van der Waals surface area (Å²) in [5.41, 5.74) is 1.18. The minimum Gasteiger partial charge on any atom is -0.477 e. The van der Waals surface area contributed by atoms with Gasteiger partial charge >= 0.3 is 12.1 Å². The van der Waals surface area contributed by atoms with Gasteiger partial charge in [-0.2, -0.15) is 4.31 Å². The van der Waals surface area contributed by atoms with Crippen LogP contribution in [0.2, 0.25) is 5.02 Å². The average Bonchev–Trinajstić information content (AvgIpc) is 3.42. The van der Waals surface area contributed by atoms with Gasteiger partial charge in [-0.3, -0.25) is 5.32 Å². The van der Waals surface area contributed by atoms with Crippen LogP contribution < -0.4 is 10.2 Å². The van der Waals surface area contributed by atoms with Crippen molar-refractivity contribution >= 4 is 62.1 Å². The molecule has 46 heavy (non-hydrogen) atoms. The average molecular weight is 690 g/mol. The predicted octanol–water partition coefficient (Wildman–Crippen LogP) is 7.85. The number of hydrogen-bond donors (Lipinski definition) is 2. The van der Waals surface area contributed by atoms with E-state index < -0.39 is 27.7 Å². The summed E-state index contributed by atoms with van der Waals surface area (Å²) in [6.45, 7) is 4.25. The Labute approximate surface area is 279 Å². The molecule has 0 spiro atoms. The highest BCUT2D eigenvalue weighted by Gasteiger charge is 2.41. The number of carbonyl (C=O) groups is 2. The van der Waals surface area contributed by atoms with Crippen molar-refractivity contribution in [2.75, 3.05) is 37.5 Å². The van der Waals surface area contributed by atoms with Crippen molar-refractivity contribution in [2.24, 2.45) is 5.92 Å². The molecule has 248 valence electrons. The molecule has 3 aromatic rings. The Hall–Kier alpha value is -3.16. The molecule has 2 aliphatic rings. The van der Waals surface area contributed by atoms with Crippen LogP contribution in [0.1, 0.15) is 62.0 Å². The number of benzene rings is 2. The number of amides is 1. The van der Waals surface area contributed by atoms with E-state index in [0.717, 1.165) is 49.1 Å². The zero-order valence-corrected chi connectivity index (χ0v) is 28.8. The number of carboxylic acids is 1. The lowest BCUT2D eigenvalue weighted by Gasteiger charge is -2.36. The third kappa shape index (κ3) is 7.21. The minimum absolute atomic E-state index is 0.0257. The Bertz CT molecular complexity index is 1690. The molecular weight excluding hydrogens is 650 g/mol. The maximum Gasteiger partial charge on any atom is 0.411 e. The van der Waals surface area contributed by atoms with Gasteiger partial charge in [0, 0.05) is 49.3 Å². The zero-order chi connectivity index (χ0) is 33.2. The minimum atomic E-state index is -3.99. The van der Waals surface area contributed by atoms with Gasteiger partial charge in [-0.15, -0.1) is 11.3 Å². The molecule has 1 amide bonds. The fourth-order valence-corrected chi connectivity index (χ4v) is 9.02. The van der Waals surface area contributed by atoms with E-state index in [1.54, 1.807) is 20.2 Å². The molecule has 2 aromatic carbocycles. The van der Waals surface area contributed by atoms with Crippen LogP contribution in [-0.4, -0.2) is 68.8 Å². The summed E-state index contributed by atoms with van der Waals surface area (Å²) in [5.74, 6) is -1.04. The third-order valence-corrected chi connectivity index (χ3v) is 12.4. The number of methoxy groups -OCH3 is 1. The summed E-state index contributed by atoms with van der Waals surface area (Å²) in [6.07, 6.45) is 4.85. The molecule has 10 nitrogen and oxygen atoms in total. The van der Waals surface area contributed by atoms with Crippen molar-refractivity contribution in [1.82, 2.24) is 4.31 Å². The van der Waals surface area contributed by atoms with Gasteiger partial charge in [0.2, 0.25) is 10.0 Å². The topological polar surface area (TPSA) is 125 Å².